The molecule has 2 N–H and O–H groups in total. The maximum Gasteiger partial charge on any atom is 0.0542 e. The maximum atomic E-state index is 6.07. The van der Waals surface area contributed by atoms with Crippen LogP contribution in [-0.2, 0) is 0 Å². The lowest BCUT2D eigenvalue weighted by Gasteiger charge is -2.14. The van der Waals surface area contributed by atoms with Gasteiger partial charge in [-0.25, -0.2) is 0 Å². The van der Waals surface area contributed by atoms with E-state index in [0.29, 0.717) is 5.25 Å². The number of thioether (sulfide) groups is 1. The summed E-state index contributed by atoms with van der Waals surface area (Å²) in [6.07, 6.45) is 0.966. The van der Waals surface area contributed by atoms with E-state index >= 15 is 0 Å². The average Bonchev–Trinajstić information content (AvgIpc) is 2.10. The molecule has 1 aromatic rings. The van der Waals surface area contributed by atoms with Crippen LogP contribution in [0.5, 0.6) is 0 Å². The highest BCUT2D eigenvalue weighted by Crippen LogP contribution is 2.33. The van der Waals surface area contributed by atoms with Crippen LogP contribution in [0.2, 0.25) is 10.0 Å². The van der Waals surface area contributed by atoms with E-state index in [1.807, 2.05) is 19.1 Å². The molecular weight excluding hydrogens is 249 g/mol. The van der Waals surface area contributed by atoms with Crippen molar-refractivity contribution in [1.29, 1.82) is 0 Å². The zero-order chi connectivity index (χ0) is 11.4. The normalized spacial score (nSPS) is 15.0. The minimum atomic E-state index is 0.213. The number of hydrogen-bond acceptors (Lipinski definition) is 2. The molecule has 84 valence electrons. The van der Waals surface area contributed by atoms with Crippen molar-refractivity contribution in [3.8, 4) is 0 Å². The van der Waals surface area contributed by atoms with Crippen LogP contribution in [0.4, 0.5) is 0 Å². The monoisotopic (exact) mass is 263 g/mol. The smallest absolute Gasteiger partial charge is 0.0542 e. The van der Waals surface area contributed by atoms with Gasteiger partial charge in [-0.05, 0) is 31.5 Å². The van der Waals surface area contributed by atoms with Gasteiger partial charge in [0.15, 0.2) is 0 Å². The predicted molar refractivity (Wildman–Crippen MR) is 70.0 cm³/mol. The minimum Gasteiger partial charge on any atom is -0.328 e. The molecule has 4 heteroatoms. The highest BCUT2D eigenvalue weighted by molar-refractivity contribution is 8.00. The summed E-state index contributed by atoms with van der Waals surface area (Å²) < 4.78 is 0. The van der Waals surface area contributed by atoms with Crippen molar-refractivity contribution < 1.29 is 0 Å². The van der Waals surface area contributed by atoms with E-state index in [2.05, 4.69) is 6.92 Å². The third-order valence-corrected chi connectivity index (χ3v) is 3.79. The topological polar surface area (TPSA) is 26.0 Å². The van der Waals surface area contributed by atoms with Gasteiger partial charge in [-0.15, -0.1) is 11.8 Å². The summed E-state index contributed by atoms with van der Waals surface area (Å²) in [7, 11) is 0. The van der Waals surface area contributed by atoms with E-state index in [0.717, 1.165) is 21.4 Å². The summed E-state index contributed by atoms with van der Waals surface area (Å²) in [5.41, 5.74) is 5.74. The summed E-state index contributed by atoms with van der Waals surface area (Å²) in [5, 5.41) is 1.91. The highest BCUT2D eigenvalue weighted by Gasteiger charge is 2.10. The Bertz CT molecular complexity index is 328. The number of halogens is 2. The van der Waals surface area contributed by atoms with Crippen LogP contribution in [0.25, 0.3) is 0 Å². The van der Waals surface area contributed by atoms with Crippen molar-refractivity contribution in [2.45, 2.75) is 36.5 Å². The van der Waals surface area contributed by atoms with E-state index in [1.165, 1.54) is 0 Å². The second-order valence-electron chi connectivity index (χ2n) is 3.72. The molecule has 0 fully saturated rings. The molecule has 0 aliphatic heterocycles. The van der Waals surface area contributed by atoms with Gasteiger partial charge in [-0.2, -0.15) is 0 Å². The Morgan fingerprint density at radius 3 is 2.60 bits per heavy atom. The van der Waals surface area contributed by atoms with Crippen LogP contribution in [0.1, 0.15) is 20.3 Å². The van der Waals surface area contributed by atoms with Crippen molar-refractivity contribution in [1.82, 2.24) is 0 Å². The number of nitrogens with two attached hydrogens (primary N) is 1. The molecule has 0 heterocycles. The lowest BCUT2D eigenvalue weighted by atomic mass is 10.2. The molecule has 0 amide bonds. The molecular formula is C11H15Cl2NS. The molecule has 1 aromatic carbocycles. The number of rotatable bonds is 4. The zero-order valence-corrected chi connectivity index (χ0v) is 11.2. The fourth-order valence-corrected chi connectivity index (χ4v) is 3.05. The van der Waals surface area contributed by atoms with Gasteiger partial charge in [-0.3, -0.25) is 0 Å². The molecule has 0 saturated heterocycles. The summed E-state index contributed by atoms with van der Waals surface area (Å²) in [4.78, 5) is 1.03. The van der Waals surface area contributed by atoms with Gasteiger partial charge >= 0.3 is 0 Å². The standard InChI is InChI=1S/C11H15Cl2NS/c1-7(14)5-8(2)15-11-6-9(12)3-4-10(11)13/h3-4,6-8H,5,14H2,1-2H3. The van der Waals surface area contributed by atoms with Gasteiger partial charge in [0.2, 0.25) is 0 Å². The first-order valence-corrected chi connectivity index (χ1v) is 6.50. The van der Waals surface area contributed by atoms with Gasteiger partial charge in [0, 0.05) is 21.2 Å². The van der Waals surface area contributed by atoms with Crippen LogP contribution >= 0.6 is 35.0 Å². The Kier molecular flexibility index (Phi) is 5.27. The molecule has 0 saturated carbocycles. The molecule has 1 nitrogen and oxygen atoms in total. The first kappa shape index (κ1) is 13.2. The molecule has 2 atom stereocenters. The average molecular weight is 264 g/mol. The van der Waals surface area contributed by atoms with Gasteiger partial charge in [0.05, 0.1) is 5.02 Å². The fourth-order valence-electron chi connectivity index (χ4n) is 1.36. The van der Waals surface area contributed by atoms with E-state index in [4.69, 9.17) is 28.9 Å². The Morgan fingerprint density at radius 2 is 2.00 bits per heavy atom. The van der Waals surface area contributed by atoms with Crippen molar-refractivity contribution in [2.75, 3.05) is 0 Å². The maximum absolute atomic E-state index is 6.07. The van der Waals surface area contributed by atoms with E-state index in [1.54, 1.807) is 17.8 Å². The highest BCUT2D eigenvalue weighted by atomic mass is 35.5. The molecule has 0 aliphatic rings. The number of hydrogen-bond donors (Lipinski definition) is 1. The molecule has 1 rings (SSSR count). The summed E-state index contributed by atoms with van der Waals surface area (Å²) in [5.74, 6) is 0. The third kappa shape index (κ3) is 4.64. The summed E-state index contributed by atoms with van der Waals surface area (Å²) in [6, 6.07) is 5.73. The Labute approximate surface area is 105 Å². The van der Waals surface area contributed by atoms with Gasteiger partial charge < -0.3 is 5.73 Å². The van der Waals surface area contributed by atoms with Crippen LogP contribution in [-0.4, -0.2) is 11.3 Å². The Morgan fingerprint density at radius 1 is 1.33 bits per heavy atom. The lowest BCUT2D eigenvalue weighted by molar-refractivity contribution is 0.663. The van der Waals surface area contributed by atoms with Gasteiger partial charge in [-0.1, -0.05) is 30.1 Å². The first-order chi connectivity index (χ1) is 6.99. The van der Waals surface area contributed by atoms with Crippen molar-refractivity contribution in [3.05, 3.63) is 28.2 Å². The van der Waals surface area contributed by atoms with Crippen LogP contribution in [0, 0.1) is 0 Å². The Balaban J connectivity index is 2.67. The SMILES string of the molecule is CC(N)CC(C)Sc1cc(Cl)ccc1Cl. The molecule has 0 aromatic heterocycles. The van der Waals surface area contributed by atoms with E-state index in [-0.39, 0.29) is 6.04 Å². The van der Waals surface area contributed by atoms with Crippen molar-refractivity contribution >= 4 is 35.0 Å². The first-order valence-electron chi connectivity index (χ1n) is 4.86. The predicted octanol–water partition coefficient (Wildman–Crippen LogP) is 4.21. The second kappa shape index (κ2) is 6.00. The van der Waals surface area contributed by atoms with Crippen LogP contribution in [0.15, 0.2) is 23.1 Å². The molecule has 0 aliphatic carbocycles. The fraction of sp³-hybridized carbons (Fsp3) is 0.455. The molecule has 15 heavy (non-hydrogen) atoms. The lowest BCUT2D eigenvalue weighted by Crippen LogP contribution is -2.19. The Hall–Kier alpha value is 0.110. The summed E-state index contributed by atoms with van der Waals surface area (Å²) >= 11 is 13.7. The van der Waals surface area contributed by atoms with E-state index < -0.39 is 0 Å². The quantitative estimate of drug-likeness (QED) is 0.824. The molecule has 0 bridgehead atoms. The van der Waals surface area contributed by atoms with E-state index in [9.17, 15) is 0 Å². The van der Waals surface area contributed by atoms with Crippen molar-refractivity contribution in [3.63, 3.8) is 0 Å². The van der Waals surface area contributed by atoms with Crippen LogP contribution < -0.4 is 5.73 Å². The summed E-state index contributed by atoms with van der Waals surface area (Å²) in [6.45, 7) is 4.15. The third-order valence-electron chi connectivity index (χ3n) is 1.93. The van der Waals surface area contributed by atoms with Gasteiger partial charge in [0.25, 0.3) is 0 Å². The molecule has 0 spiro atoms. The zero-order valence-electron chi connectivity index (χ0n) is 8.84. The number of benzene rings is 1. The minimum absolute atomic E-state index is 0.213. The largest absolute Gasteiger partial charge is 0.328 e. The molecule has 0 radical (unpaired) electrons. The van der Waals surface area contributed by atoms with Crippen LogP contribution in [0.3, 0.4) is 0 Å². The van der Waals surface area contributed by atoms with Gasteiger partial charge in [0.1, 0.15) is 0 Å². The molecule has 2 unspecified atom stereocenters. The second-order valence-corrected chi connectivity index (χ2v) is 6.04. The van der Waals surface area contributed by atoms with Crippen molar-refractivity contribution in [2.24, 2.45) is 5.73 Å².